The molecule has 0 radical (unpaired) electrons. The minimum atomic E-state index is -3.78. The summed E-state index contributed by atoms with van der Waals surface area (Å²) in [4.78, 5) is 11.7. The molecule has 2 aromatic rings. The fraction of sp³-hybridized carbons (Fsp3) is 0.250. The van der Waals surface area contributed by atoms with E-state index in [4.69, 9.17) is 20.8 Å². The number of aromatic nitrogens is 2. The minimum Gasteiger partial charge on any atom is -0.452 e. The van der Waals surface area contributed by atoms with Crippen molar-refractivity contribution in [1.82, 2.24) is 14.9 Å². The number of carbonyl (C=O) groups excluding carboxylic acids is 1. The molecule has 1 heterocycles. The third kappa shape index (κ3) is 3.62. The van der Waals surface area contributed by atoms with E-state index >= 15 is 0 Å². The number of halogens is 1. The molecule has 2 rings (SSSR count). The Labute approximate surface area is 131 Å². The largest absolute Gasteiger partial charge is 0.452 e. The van der Waals surface area contributed by atoms with Gasteiger partial charge in [-0.1, -0.05) is 11.6 Å². The van der Waals surface area contributed by atoms with E-state index in [2.05, 4.69) is 14.9 Å². The Kier molecular flexibility index (Phi) is 4.79. The van der Waals surface area contributed by atoms with Crippen LogP contribution in [0.25, 0.3) is 0 Å². The van der Waals surface area contributed by atoms with Gasteiger partial charge >= 0.3 is 5.97 Å². The second kappa shape index (κ2) is 6.42. The number of esters is 1. The smallest absolute Gasteiger partial charge is 0.338 e. The van der Waals surface area contributed by atoms with Crippen LogP contribution in [0.15, 0.2) is 27.5 Å². The van der Waals surface area contributed by atoms with E-state index < -0.39 is 16.0 Å². The highest BCUT2D eigenvalue weighted by atomic mass is 35.5. The Morgan fingerprint density at radius 3 is 2.73 bits per heavy atom. The number of benzene rings is 1. The van der Waals surface area contributed by atoms with Crippen molar-refractivity contribution in [2.24, 2.45) is 0 Å². The lowest BCUT2D eigenvalue weighted by Gasteiger charge is -2.07. The maximum absolute atomic E-state index is 11.9. The van der Waals surface area contributed by atoms with Gasteiger partial charge in [-0.05, 0) is 25.2 Å². The van der Waals surface area contributed by atoms with Gasteiger partial charge in [0.25, 0.3) is 5.89 Å². The summed E-state index contributed by atoms with van der Waals surface area (Å²) in [5, 5.41) is 7.27. The van der Waals surface area contributed by atoms with Crippen LogP contribution < -0.4 is 4.72 Å². The van der Waals surface area contributed by atoms with Crippen LogP contribution in [0.3, 0.4) is 0 Å². The van der Waals surface area contributed by atoms with Crippen molar-refractivity contribution < 1.29 is 22.4 Å². The van der Waals surface area contributed by atoms with Crippen LogP contribution in [-0.4, -0.2) is 31.6 Å². The molecule has 0 unspecified atom stereocenters. The summed E-state index contributed by atoms with van der Waals surface area (Å²) in [5.41, 5.74) is 0.0365. The number of hydrogen-bond donors (Lipinski definition) is 1. The SMILES string of the molecule is CNS(=O)(=O)c1cc(C(=O)OCc2nnc(C)o2)ccc1Cl. The van der Waals surface area contributed by atoms with Crippen LogP contribution in [-0.2, 0) is 21.4 Å². The first kappa shape index (κ1) is 16.4. The first-order chi connectivity index (χ1) is 10.3. The molecular weight excluding hydrogens is 334 g/mol. The second-order valence-corrected chi connectivity index (χ2v) is 6.41. The van der Waals surface area contributed by atoms with E-state index in [9.17, 15) is 13.2 Å². The number of aryl methyl sites for hydroxylation is 1. The number of ether oxygens (including phenoxy) is 1. The van der Waals surface area contributed by atoms with Gasteiger partial charge in [0.05, 0.1) is 10.6 Å². The van der Waals surface area contributed by atoms with Crippen molar-refractivity contribution in [3.05, 3.63) is 40.6 Å². The Balaban J connectivity index is 2.18. The second-order valence-electron chi connectivity index (χ2n) is 4.14. The zero-order chi connectivity index (χ0) is 16.3. The fourth-order valence-corrected chi connectivity index (χ4v) is 2.80. The van der Waals surface area contributed by atoms with Crippen molar-refractivity contribution in [3.63, 3.8) is 0 Å². The third-order valence-electron chi connectivity index (χ3n) is 2.62. The molecule has 1 aromatic carbocycles. The van der Waals surface area contributed by atoms with E-state index in [0.29, 0.717) is 5.89 Å². The lowest BCUT2D eigenvalue weighted by atomic mass is 10.2. The molecule has 118 valence electrons. The molecule has 8 nitrogen and oxygen atoms in total. The predicted molar refractivity (Wildman–Crippen MR) is 75.9 cm³/mol. The minimum absolute atomic E-state index is 0.00146. The average Bonchev–Trinajstić information content (AvgIpc) is 2.90. The zero-order valence-corrected chi connectivity index (χ0v) is 13.2. The first-order valence-corrected chi connectivity index (χ1v) is 7.89. The number of sulfonamides is 1. The van der Waals surface area contributed by atoms with Gasteiger partial charge in [-0.3, -0.25) is 0 Å². The molecule has 0 spiro atoms. The van der Waals surface area contributed by atoms with E-state index in [1.807, 2.05) is 0 Å². The van der Waals surface area contributed by atoms with Gasteiger partial charge in [-0.25, -0.2) is 17.9 Å². The van der Waals surface area contributed by atoms with Gasteiger partial charge in [0.2, 0.25) is 15.9 Å². The van der Waals surface area contributed by atoms with Gasteiger partial charge in [0, 0.05) is 6.92 Å². The molecule has 22 heavy (non-hydrogen) atoms. The van der Waals surface area contributed by atoms with E-state index in [0.717, 1.165) is 6.07 Å². The van der Waals surface area contributed by atoms with E-state index in [1.54, 1.807) is 6.92 Å². The Bertz CT molecular complexity index is 803. The number of carbonyl (C=O) groups is 1. The van der Waals surface area contributed by atoms with Crippen LogP contribution in [0, 0.1) is 6.92 Å². The molecule has 1 aromatic heterocycles. The number of nitrogens with one attached hydrogen (secondary N) is 1. The fourth-order valence-electron chi connectivity index (χ4n) is 1.55. The Morgan fingerprint density at radius 2 is 2.14 bits per heavy atom. The summed E-state index contributed by atoms with van der Waals surface area (Å²) < 4.78 is 35.8. The highest BCUT2D eigenvalue weighted by Gasteiger charge is 2.19. The van der Waals surface area contributed by atoms with Crippen LogP contribution in [0.5, 0.6) is 0 Å². The van der Waals surface area contributed by atoms with Crippen LogP contribution >= 0.6 is 11.6 Å². The standard InChI is InChI=1S/C12H12ClN3O5S/c1-7-15-16-11(21-7)6-20-12(17)8-3-4-9(13)10(5-8)22(18,19)14-2/h3-5,14H,6H2,1-2H3. The molecule has 0 amide bonds. The van der Waals surface area contributed by atoms with Gasteiger partial charge < -0.3 is 9.15 Å². The van der Waals surface area contributed by atoms with Gasteiger partial charge in [0.15, 0.2) is 6.61 Å². The highest BCUT2D eigenvalue weighted by Crippen LogP contribution is 2.23. The summed E-state index contributed by atoms with van der Waals surface area (Å²) in [5.74, 6) is -0.247. The molecule has 0 aliphatic heterocycles. The quantitative estimate of drug-likeness (QED) is 0.813. The molecule has 0 fully saturated rings. The van der Waals surface area contributed by atoms with Gasteiger partial charge in [0.1, 0.15) is 4.90 Å². The molecule has 0 bridgehead atoms. The van der Waals surface area contributed by atoms with E-state index in [1.165, 1.54) is 19.2 Å². The highest BCUT2D eigenvalue weighted by molar-refractivity contribution is 7.89. The summed E-state index contributed by atoms with van der Waals surface area (Å²) >= 11 is 5.84. The zero-order valence-electron chi connectivity index (χ0n) is 11.7. The van der Waals surface area contributed by atoms with Crippen molar-refractivity contribution in [2.75, 3.05) is 7.05 Å². The van der Waals surface area contributed by atoms with E-state index in [-0.39, 0.29) is 28.0 Å². The van der Waals surface area contributed by atoms with Crippen LogP contribution in [0.4, 0.5) is 0 Å². The van der Waals surface area contributed by atoms with Crippen molar-refractivity contribution in [3.8, 4) is 0 Å². The molecule has 10 heteroatoms. The maximum atomic E-state index is 11.9. The lowest BCUT2D eigenvalue weighted by Crippen LogP contribution is -2.19. The Morgan fingerprint density at radius 1 is 1.41 bits per heavy atom. The molecular formula is C12H12ClN3O5S. The normalized spacial score (nSPS) is 11.4. The van der Waals surface area contributed by atoms with Gasteiger partial charge in [-0.15, -0.1) is 10.2 Å². The maximum Gasteiger partial charge on any atom is 0.338 e. The molecule has 0 aliphatic rings. The summed E-state index contributed by atoms with van der Waals surface area (Å²) in [6.45, 7) is 1.39. The lowest BCUT2D eigenvalue weighted by molar-refractivity contribution is 0.0436. The molecule has 0 saturated carbocycles. The summed E-state index contributed by atoms with van der Waals surface area (Å²) in [7, 11) is -2.53. The number of hydrogen-bond acceptors (Lipinski definition) is 7. The predicted octanol–water partition coefficient (Wildman–Crippen LogP) is 1.30. The topological polar surface area (TPSA) is 111 Å². The Hall–Kier alpha value is -1.97. The van der Waals surface area contributed by atoms with Gasteiger partial charge in [-0.2, -0.15) is 0 Å². The third-order valence-corrected chi connectivity index (χ3v) is 4.52. The number of rotatable bonds is 5. The molecule has 1 N–H and O–H groups in total. The van der Waals surface area contributed by atoms with Crippen molar-refractivity contribution in [1.29, 1.82) is 0 Å². The summed E-state index contributed by atoms with van der Waals surface area (Å²) in [6, 6.07) is 3.80. The molecule has 0 aliphatic carbocycles. The first-order valence-electron chi connectivity index (χ1n) is 6.02. The molecule has 0 saturated heterocycles. The average molecular weight is 346 g/mol. The monoisotopic (exact) mass is 345 g/mol. The number of nitrogens with zero attached hydrogens (tertiary/aromatic N) is 2. The van der Waals surface area contributed by atoms with Crippen LogP contribution in [0.1, 0.15) is 22.1 Å². The van der Waals surface area contributed by atoms with Crippen molar-refractivity contribution >= 4 is 27.6 Å². The van der Waals surface area contributed by atoms with Crippen LogP contribution in [0.2, 0.25) is 5.02 Å². The summed E-state index contributed by atoms with van der Waals surface area (Å²) in [6.07, 6.45) is 0. The molecule has 0 atom stereocenters. The van der Waals surface area contributed by atoms with Crippen molar-refractivity contribution in [2.45, 2.75) is 18.4 Å².